The SMILES string of the molecule is Cc1ccc(CNC(=O)C(C)Cl)o1. The van der Waals surface area contributed by atoms with E-state index in [9.17, 15) is 4.79 Å². The van der Waals surface area contributed by atoms with Gasteiger partial charge in [-0.1, -0.05) is 0 Å². The summed E-state index contributed by atoms with van der Waals surface area (Å²) in [6.07, 6.45) is 0. The Kier molecular flexibility index (Phi) is 3.37. The van der Waals surface area contributed by atoms with E-state index in [2.05, 4.69) is 5.32 Å². The Hall–Kier alpha value is -0.960. The van der Waals surface area contributed by atoms with E-state index in [1.54, 1.807) is 6.92 Å². The van der Waals surface area contributed by atoms with Gasteiger partial charge >= 0.3 is 0 Å². The smallest absolute Gasteiger partial charge is 0.238 e. The van der Waals surface area contributed by atoms with Crippen molar-refractivity contribution in [2.24, 2.45) is 0 Å². The van der Waals surface area contributed by atoms with E-state index >= 15 is 0 Å². The molecule has 1 aromatic rings. The predicted molar refractivity (Wildman–Crippen MR) is 50.6 cm³/mol. The first-order chi connectivity index (χ1) is 6.09. The molecule has 1 aromatic heterocycles. The molecule has 1 rings (SSSR count). The highest BCUT2D eigenvalue weighted by atomic mass is 35.5. The van der Waals surface area contributed by atoms with Gasteiger partial charge < -0.3 is 9.73 Å². The highest BCUT2D eigenvalue weighted by Gasteiger charge is 2.08. The van der Waals surface area contributed by atoms with Gasteiger partial charge in [0.05, 0.1) is 6.54 Å². The third kappa shape index (κ3) is 3.11. The Morgan fingerprint density at radius 2 is 2.38 bits per heavy atom. The Bertz CT molecular complexity index is 294. The molecule has 0 aromatic carbocycles. The number of halogens is 1. The van der Waals surface area contributed by atoms with Crippen LogP contribution in [0, 0.1) is 6.92 Å². The number of alkyl halides is 1. The quantitative estimate of drug-likeness (QED) is 0.759. The van der Waals surface area contributed by atoms with Crippen LogP contribution in [0.4, 0.5) is 0 Å². The molecule has 3 nitrogen and oxygen atoms in total. The van der Waals surface area contributed by atoms with Gasteiger partial charge in [0.2, 0.25) is 5.91 Å². The number of carbonyl (C=O) groups is 1. The maximum absolute atomic E-state index is 11.0. The molecule has 1 N–H and O–H groups in total. The van der Waals surface area contributed by atoms with Gasteiger partial charge in [-0.2, -0.15) is 0 Å². The summed E-state index contributed by atoms with van der Waals surface area (Å²) in [4.78, 5) is 11.0. The number of rotatable bonds is 3. The first-order valence-electron chi connectivity index (χ1n) is 4.06. The van der Waals surface area contributed by atoms with E-state index in [-0.39, 0.29) is 5.91 Å². The molecule has 0 aliphatic rings. The highest BCUT2D eigenvalue weighted by molar-refractivity contribution is 6.30. The molecule has 1 atom stereocenters. The third-order valence-electron chi connectivity index (χ3n) is 1.59. The molecule has 13 heavy (non-hydrogen) atoms. The van der Waals surface area contributed by atoms with Crippen LogP contribution in [-0.2, 0) is 11.3 Å². The van der Waals surface area contributed by atoms with E-state index in [0.29, 0.717) is 6.54 Å². The zero-order chi connectivity index (χ0) is 9.84. The second kappa shape index (κ2) is 4.33. The Labute approximate surface area is 82.1 Å². The lowest BCUT2D eigenvalue weighted by atomic mass is 10.4. The van der Waals surface area contributed by atoms with Crippen LogP contribution >= 0.6 is 11.6 Å². The second-order valence-corrected chi connectivity index (χ2v) is 3.50. The van der Waals surface area contributed by atoms with Crippen molar-refractivity contribution in [2.75, 3.05) is 0 Å². The van der Waals surface area contributed by atoms with E-state index in [0.717, 1.165) is 11.5 Å². The third-order valence-corrected chi connectivity index (χ3v) is 1.79. The maximum atomic E-state index is 11.0. The zero-order valence-corrected chi connectivity index (χ0v) is 8.39. The monoisotopic (exact) mass is 201 g/mol. The maximum Gasteiger partial charge on any atom is 0.238 e. The Morgan fingerprint density at radius 3 is 2.85 bits per heavy atom. The van der Waals surface area contributed by atoms with Crippen LogP contribution in [0.25, 0.3) is 0 Å². The van der Waals surface area contributed by atoms with Gasteiger partial charge in [-0.15, -0.1) is 11.6 Å². The largest absolute Gasteiger partial charge is 0.465 e. The van der Waals surface area contributed by atoms with Crippen molar-refractivity contribution in [3.63, 3.8) is 0 Å². The predicted octanol–water partition coefficient (Wildman–Crippen LogP) is 1.83. The van der Waals surface area contributed by atoms with Crippen molar-refractivity contribution < 1.29 is 9.21 Å². The molecule has 1 amide bonds. The van der Waals surface area contributed by atoms with Crippen molar-refractivity contribution >= 4 is 17.5 Å². The standard InChI is InChI=1S/C9H12ClNO2/c1-6-3-4-8(13-6)5-11-9(12)7(2)10/h3-4,7H,5H2,1-2H3,(H,11,12). The van der Waals surface area contributed by atoms with E-state index in [4.69, 9.17) is 16.0 Å². The van der Waals surface area contributed by atoms with Gasteiger partial charge in [0.25, 0.3) is 0 Å². The first-order valence-corrected chi connectivity index (χ1v) is 4.50. The number of nitrogens with one attached hydrogen (secondary N) is 1. The number of aryl methyl sites for hydroxylation is 1. The Balaban J connectivity index is 2.39. The lowest BCUT2D eigenvalue weighted by Gasteiger charge is -2.03. The van der Waals surface area contributed by atoms with E-state index in [1.807, 2.05) is 19.1 Å². The summed E-state index contributed by atoms with van der Waals surface area (Å²) in [6.45, 7) is 3.88. The summed E-state index contributed by atoms with van der Waals surface area (Å²) in [6, 6.07) is 3.68. The van der Waals surface area contributed by atoms with Crippen LogP contribution in [0.15, 0.2) is 16.5 Å². The van der Waals surface area contributed by atoms with Gasteiger partial charge in [-0.25, -0.2) is 0 Å². The number of hydrogen-bond acceptors (Lipinski definition) is 2. The molecule has 1 heterocycles. The summed E-state index contributed by atoms with van der Waals surface area (Å²) < 4.78 is 5.26. The van der Waals surface area contributed by atoms with Crippen LogP contribution in [0.1, 0.15) is 18.4 Å². The number of carbonyl (C=O) groups excluding carboxylic acids is 1. The minimum Gasteiger partial charge on any atom is -0.465 e. The fourth-order valence-corrected chi connectivity index (χ4v) is 0.972. The van der Waals surface area contributed by atoms with Crippen LogP contribution in [0.2, 0.25) is 0 Å². The summed E-state index contributed by atoms with van der Waals surface area (Å²) >= 11 is 5.56. The van der Waals surface area contributed by atoms with Gasteiger partial charge in [-0.05, 0) is 26.0 Å². The second-order valence-electron chi connectivity index (χ2n) is 2.85. The van der Waals surface area contributed by atoms with Gasteiger partial charge in [0.15, 0.2) is 0 Å². The molecular weight excluding hydrogens is 190 g/mol. The molecule has 0 spiro atoms. The van der Waals surface area contributed by atoms with Crippen molar-refractivity contribution in [3.8, 4) is 0 Å². The van der Waals surface area contributed by atoms with Gasteiger partial charge in [0, 0.05) is 0 Å². The lowest BCUT2D eigenvalue weighted by Crippen LogP contribution is -2.28. The van der Waals surface area contributed by atoms with Gasteiger partial charge in [-0.3, -0.25) is 4.79 Å². The first kappa shape index (κ1) is 10.1. The van der Waals surface area contributed by atoms with Crippen molar-refractivity contribution in [1.29, 1.82) is 0 Å². The molecule has 0 fully saturated rings. The van der Waals surface area contributed by atoms with Crippen molar-refractivity contribution in [2.45, 2.75) is 25.8 Å². The molecule has 0 saturated carbocycles. The Morgan fingerprint density at radius 1 is 1.69 bits per heavy atom. The fourth-order valence-electron chi connectivity index (χ4n) is 0.895. The highest BCUT2D eigenvalue weighted by Crippen LogP contribution is 2.05. The van der Waals surface area contributed by atoms with Crippen molar-refractivity contribution in [3.05, 3.63) is 23.7 Å². The van der Waals surface area contributed by atoms with Crippen molar-refractivity contribution in [1.82, 2.24) is 5.32 Å². The van der Waals surface area contributed by atoms with E-state index < -0.39 is 5.38 Å². The zero-order valence-electron chi connectivity index (χ0n) is 7.63. The molecule has 0 radical (unpaired) electrons. The topological polar surface area (TPSA) is 42.2 Å². The van der Waals surface area contributed by atoms with Gasteiger partial charge in [0.1, 0.15) is 16.9 Å². The molecule has 0 saturated heterocycles. The van der Waals surface area contributed by atoms with Crippen LogP contribution in [0.5, 0.6) is 0 Å². The minimum atomic E-state index is -0.504. The lowest BCUT2D eigenvalue weighted by molar-refractivity contribution is -0.120. The fraction of sp³-hybridized carbons (Fsp3) is 0.444. The minimum absolute atomic E-state index is 0.185. The molecule has 0 aliphatic carbocycles. The average molecular weight is 202 g/mol. The summed E-state index contributed by atoms with van der Waals surface area (Å²) in [5.41, 5.74) is 0. The molecule has 72 valence electrons. The number of furan rings is 1. The summed E-state index contributed by atoms with van der Waals surface area (Å²) in [5.74, 6) is 1.39. The molecule has 1 unspecified atom stereocenters. The molecule has 0 bridgehead atoms. The molecule has 4 heteroatoms. The number of hydrogen-bond donors (Lipinski definition) is 1. The summed E-state index contributed by atoms with van der Waals surface area (Å²) in [7, 11) is 0. The van der Waals surface area contributed by atoms with Crippen LogP contribution in [-0.4, -0.2) is 11.3 Å². The summed E-state index contributed by atoms with van der Waals surface area (Å²) in [5, 5.41) is 2.14. The van der Waals surface area contributed by atoms with Crippen LogP contribution in [0.3, 0.4) is 0 Å². The normalized spacial score (nSPS) is 12.5. The average Bonchev–Trinajstić information content (AvgIpc) is 2.47. The molecule has 0 aliphatic heterocycles. The molecular formula is C9H12ClNO2. The van der Waals surface area contributed by atoms with Crippen LogP contribution < -0.4 is 5.32 Å². The van der Waals surface area contributed by atoms with E-state index in [1.165, 1.54) is 0 Å². The number of amides is 1.